The van der Waals surface area contributed by atoms with Gasteiger partial charge in [0.2, 0.25) is 0 Å². The maximum atomic E-state index is 12.4. The molecule has 1 aliphatic heterocycles. The lowest BCUT2D eigenvalue weighted by atomic mass is 9.91. The Morgan fingerprint density at radius 3 is 2.47 bits per heavy atom. The summed E-state index contributed by atoms with van der Waals surface area (Å²) in [5.74, 6) is -0.504. The second-order valence-corrected chi connectivity index (χ2v) is 5.18. The molecule has 1 fully saturated rings. The van der Waals surface area contributed by atoms with Crippen molar-refractivity contribution in [3.05, 3.63) is 0 Å². The summed E-state index contributed by atoms with van der Waals surface area (Å²) in [6.07, 6.45) is -6.33. The summed E-state index contributed by atoms with van der Waals surface area (Å²) in [5.41, 5.74) is 0. The molecule has 0 aromatic heterocycles. The predicted molar refractivity (Wildman–Crippen MR) is 63.3 cm³/mol. The molecule has 1 saturated heterocycles. The van der Waals surface area contributed by atoms with Crippen LogP contribution in [0.25, 0.3) is 0 Å². The molecule has 1 rings (SSSR count). The molecule has 0 aliphatic carbocycles. The Kier molecular flexibility index (Phi) is 6.46. The molecule has 2 unspecified atom stereocenters. The Balaban J connectivity index is 2.52. The zero-order valence-electron chi connectivity index (χ0n) is 11.0. The number of likely N-dealkylation sites (tertiary alicyclic amines) is 1. The monoisotopic (exact) mass is 288 g/mol. The molecule has 0 aromatic carbocycles. The second-order valence-electron chi connectivity index (χ2n) is 5.18. The topological polar surface area (TPSA) is 15.3 Å². The summed E-state index contributed by atoms with van der Waals surface area (Å²) in [6, 6.07) is -0.276. The zero-order chi connectivity index (χ0) is 14.5. The van der Waals surface area contributed by atoms with E-state index in [-0.39, 0.29) is 6.04 Å². The number of nitrogens with one attached hydrogen (secondary N) is 1. The van der Waals surface area contributed by atoms with Gasteiger partial charge in [0.25, 0.3) is 6.43 Å². The SMILES string of the molecule is CCCN1CC(CC(F)(F)F)CC(NCC(F)F)C1. The molecule has 2 nitrogen and oxygen atoms in total. The van der Waals surface area contributed by atoms with Crippen molar-refractivity contribution in [3.63, 3.8) is 0 Å². The third-order valence-corrected chi connectivity index (χ3v) is 3.23. The van der Waals surface area contributed by atoms with Crippen LogP contribution in [-0.2, 0) is 0 Å². The van der Waals surface area contributed by atoms with E-state index in [1.807, 2.05) is 11.8 Å². The van der Waals surface area contributed by atoms with Gasteiger partial charge in [-0.05, 0) is 25.3 Å². The van der Waals surface area contributed by atoms with E-state index in [4.69, 9.17) is 0 Å². The fourth-order valence-corrected chi connectivity index (χ4v) is 2.68. The van der Waals surface area contributed by atoms with Crippen LogP contribution in [0.15, 0.2) is 0 Å². The minimum absolute atomic E-state index is 0.276. The number of hydrogen-bond donors (Lipinski definition) is 1. The minimum atomic E-state index is -4.19. The highest BCUT2D eigenvalue weighted by atomic mass is 19.4. The Bertz CT molecular complexity index is 257. The summed E-state index contributed by atoms with van der Waals surface area (Å²) < 4.78 is 61.6. The van der Waals surface area contributed by atoms with Crippen molar-refractivity contribution in [3.8, 4) is 0 Å². The van der Waals surface area contributed by atoms with Gasteiger partial charge in [0.1, 0.15) is 0 Å². The van der Waals surface area contributed by atoms with E-state index in [2.05, 4.69) is 5.32 Å². The number of halogens is 5. The second kappa shape index (κ2) is 7.38. The fourth-order valence-electron chi connectivity index (χ4n) is 2.68. The van der Waals surface area contributed by atoms with Crippen molar-refractivity contribution in [1.82, 2.24) is 10.2 Å². The van der Waals surface area contributed by atoms with E-state index in [1.54, 1.807) is 0 Å². The molecule has 0 radical (unpaired) electrons. The number of nitrogens with zero attached hydrogens (tertiary/aromatic N) is 1. The molecule has 2 atom stereocenters. The molecule has 7 heteroatoms. The van der Waals surface area contributed by atoms with E-state index >= 15 is 0 Å². The first-order valence-corrected chi connectivity index (χ1v) is 6.60. The molecule has 0 bridgehead atoms. The maximum absolute atomic E-state index is 12.4. The predicted octanol–water partition coefficient (Wildman–Crippen LogP) is 2.89. The molecular formula is C12H21F5N2. The number of rotatable bonds is 6. The van der Waals surface area contributed by atoms with Gasteiger partial charge in [0.15, 0.2) is 0 Å². The zero-order valence-corrected chi connectivity index (χ0v) is 11.0. The Morgan fingerprint density at radius 1 is 1.26 bits per heavy atom. The summed E-state index contributed by atoms with van der Waals surface area (Å²) in [4.78, 5) is 1.93. The molecule has 0 spiro atoms. The Hall–Kier alpha value is -0.430. The van der Waals surface area contributed by atoms with Gasteiger partial charge in [-0.1, -0.05) is 6.92 Å². The van der Waals surface area contributed by atoms with Gasteiger partial charge in [-0.25, -0.2) is 8.78 Å². The quantitative estimate of drug-likeness (QED) is 0.756. The van der Waals surface area contributed by atoms with Gasteiger partial charge in [0.05, 0.1) is 6.54 Å². The van der Waals surface area contributed by atoms with Crippen LogP contribution in [0.3, 0.4) is 0 Å². The minimum Gasteiger partial charge on any atom is -0.307 e. The van der Waals surface area contributed by atoms with Crippen LogP contribution in [0.2, 0.25) is 0 Å². The van der Waals surface area contributed by atoms with E-state index in [0.29, 0.717) is 26.1 Å². The summed E-state index contributed by atoms with van der Waals surface area (Å²) in [5, 5.41) is 2.67. The largest absolute Gasteiger partial charge is 0.389 e. The number of hydrogen-bond acceptors (Lipinski definition) is 2. The van der Waals surface area contributed by atoms with Crippen LogP contribution < -0.4 is 5.32 Å². The van der Waals surface area contributed by atoms with Gasteiger partial charge in [-0.3, -0.25) is 0 Å². The third kappa shape index (κ3) is 7.06. The lowest BCUT2D eigenvalue weighted by Gasteiger charge is -2.38. The van der Waals surface area contributed by atoms with Gasteiger partial charge >= 0.3 is 6.18 Å². The standard InChI is InChI=1S/C12H21F5N2/c1-2-3-19-7-9(5-12(15,16)17)4-10(8-19)18-6-11(13)14/h9-11,18H,2-8H2,1H3. The van der Waals surface area contributed by atoms with Crippen molar-refractivity contribution < 1.29 is 22.0 Å². The number of alkyl halides is 5. The van der Waals surface area contributed by atoms with E-state index in [0.717, 1.165) is 6.42 Å². The number of piperidine rings is 1. The first-order valence-electron chi connectivity index (χ1n) is 6.60. The van der Waals surface area contributed by atoms with Crippen LogP contribution in [0.5, 0.6) is 0 Å². The average molecular weight is 288 g/mol. The summed E-state index contributed by atoms with van der Waals surface area (Å²) in [7, 11) is 0. The average Bonchev–Trinajstić information content (AvgIpc) is 2.24. The lowest BCUT2D eigenvalue weighted by Crippen LogP contribution is -2.50. The highest BCUT2D eigenvalue weighted by Crippen LogP contribution is 2.30. The van der Waals surface area contributed by atoms with E-state index in [1.165, 1.54) is 0 Å². The first-order chi connectivity index (χ1) is 8.80. The smallest absolute Gasteiger partial charge is 0.307 e. The normalized spacial score (nSPS) is 26.1. The van der Waals surface area contributed by atoms with Crippen molar-refractivity contribution in [2.45, 2.75) is 44.8 Å². The Labute approximate surface area is 110 Å². The van der Waals surface area contributed by atoms with Crippen molar-refractivity contribution in [2.75, 3.05) is 26.2 Å². The van der Waals surface area contributed by atoms with Gasteiger partial charge < -0.3 is 10.2 Å². The highest BCUT2D eigenvalue weighted by molar-refractivity contribution is 4.84. The summed E-state index contributed by atoms with van der Waals surface area (Å²) in [6.45, 7) is 3.16. The van der Waals surface area contributed by atoms with Crippen LogP contribution in [0, 0.1) is 5.92 Å². The van der Waals surface area contributed by atoms with Gasteiger partial charge in [0, 0.05) is 25.6 Å². The first kappa shape index (κ1) is 16.6. The van der Waals surface area contributed by atoms with Gasteiger partial charge in [-0.2, -0.15) is 13.2 Å². The van der Waals surface area contributed by atoms with Crippen molar-refractivity contribution in [1.29, 1.82) is 0 Å². The van der Waals surface area contributed by atoms with Crippen LogP contribution in [0.1, 0.15) is 26.2 Å². The molecule has 0 aromatic rings. The van der Waals surface area contributed by atoms with E-state index in [9.17, 15) is 22.0 Å². The summed E-state index contributed by atoms with van der Waals surface area (Å²) >= 11 is 0. The van der Waals surface area contributed by atoms with Crippen LogP contribution in [-0.4, -0.2) is 49.7 Å². The van der Waals surface area contributed by atoms with Crippen LogP contribution in [0.4, 0.5) is 22.0 Å². The molecule has 0 amide bonds. The molecule has 114 valence electrons. The molecule has 1 heterocycles. The molecular weight excluding hydrogens is 267 g/mol. The highest BCUT2D eigenvalue weighted by Gasteiger charge is 2.36. The molecule has 1 aliphatic rings. The molecule has 19 heavy (non-hydrogen) atoms. The molecule has 0 saturated carbocycles. The molecule has 1 N–H and O–H groups in total. The van der Waals surface area contributed by atoms with Crippen molar-refractivity contribution >= 4 is 0 Å². The van der Waals surface area contributed by atoms with Crippen molar-refractivity contribution in [2.24, 2.45) is 5.92 Å². The van der Waals surface area contributed by atoms with E-state index < -0.39 is 31.5 Å². The fraction of sp³-hybridized carbons (Fsp3) is 1.00. The third-order valence-electron chi connectivity index (χ3n) is 3.23. The Morgan fingerprint density at radius 2 is 1.95 bits per heavy atom. The maximum Gasteiger partial charge on any atom is 0.389 e. The van der Waals surface area contributed by atoms with Crippen LogP contribution >= 0.6 is 0 Å². The van der Waals surface area contributed by atoms with Gasteiger partial charge in [-0.15, -0.1) is 0 Å². The lowest BCUT2D eigenvalue weighted by molar-refractivity contribution is -0.149.